The molecule has 1 fully saturated rings. The SMILES string of the molecule is O=C(N/N=C\c1cc([N+](=O)[O-])ccc1N1CCCCC1)c1cccc([N+](=O)[O-])c1. The monoisotopic (exact) mass is 397 g/mol. The number of non-ortho nitro benzene ring substituents is 2. The van der Waals surface area contributed by atoms with E-state index in [1.54, 1.807) is 6.07 Å². The number of nitro benzene ring substituents is 2. The number of nitrogens with one attached hydrogen (secondary N) is 1. The first-order valence-electron chi connectivity index (χ1n) is 9.07. The van der Waals surface area contributed by atoms with Crippen LogP contribution in [0.15, 0.2) is 47.6 Å². The van der Waals surface area contributed by atoms with E-state index in [2.05, 4.69) is 15.4 Å². The van der Waals surface area contributed by atoms with Gasteiger partial charge >= 0.3 is 0 Å². The predicted molar refractivity (Wildman–Crippen MR) is 107 cm³/mol. The fourth-order valence-electron chi connectivity index (χ4n) is 3.17. The molecule has 10 nitrogen and oxygen atoms in total. The normalized spacial score (nSPS) is 14.0. The molecule has 1 saturated heterocycles. The standard InChI is InChI=1S/C19H19N5O5/c25-19(14-5-4-6-16(11-14)23(26)27)21-20-13-15-12-17(24(28)29)7-8-18(15)22-9-2-1-3-10-22/h4-8,11-13H,1-3,9-10H2,(H,21,25)/b20-13-. The summed E-state index contributed by atoms with van der Waals surface area (Å²) < 4.78 is 0. The van der Waals surface area contributed by atoms with Gasteiger partial charge in [0.25, 0.3) is 17.3 Å². The van der Waals surface area contributed by atoms with Crippen LogP contribution in [0.5, 0.6) is 0 Å². The van der Waals surface area contributed by atoms with Gasteiger partial charge in [-0.2, -0.15) is 5.10 Å². The third kappa shape index (κ3) is 4.92. The molecule has 10 heteroatoms. The fraction of sp³-hybridized carbons (Fsp3) is 0.263. The number of benzene rings is 2. The highest BCUT2D eigenvalue weighted by Crippen LogP contribution is 2.27. The number of anilines is 1. The highest BCUT2D eigenvalue weighted by molar-refractivity contribution is 5.96. The zero-order valence-electron chi connectivity index (χ0n) is 15.5. The van der Waals surface area contributed by atoms with Crippen molar-refractivity contribution in [2.24, 2.45) is 5.10 Å². The van der Waals surface area contributed by atoms with Crippen LogP contribution in [-0.4, -0.2) is 35.1 Å². The van der Waals surface area contributed by atoms with Gasteiger partial charge in [0.1, 0.15) is 0 Å². The minimum atomic E-state index is -0.616. The maximum Gasteiger partial charge on any atom is 0.271 e. The number of carbonyl (C=O) groups excluding carboxylic acids is 1. The molecule has 1 heterocycles. The molecule has 0 bridgehead atoms. The Bertz CT molecular complexity index is 969. The van der Waals surface area contributed by atoms with Gasteiger partial charge in [-0.3, -0.25) is 25.0 Å². The van der Waals surface area contributed by atoms with Gasteiger partial charge in [0.2, 0.25) is 0 Å². The van der Waals surface area contributed by atoms with Gasteiger partial charge in [0.15, 0.2) is 0 Å². The lowest BCUT2D eigenvalue weighted by molar-refractivity contribution is -0.385. The zero-order chi connectivity index (χ0) is 20.8. The van der Waals surface area contributed by atoms with E-state index in [0.29, 0.717) is 5.56 Å². The number of carbonyl (C=O) groups is 1. The van der Waals surface area contributed by atoms with Crippen LogP contribution in [0, 0.1) is 20.2 Å². The highest BCUT2D eigenvalue weighted by Gasteiger charge is 2.17. The van der Waals surface area contributed by atoms with E-state index >= 15 is 0 Å². The van der Waals surface area contributed by atoms with E-state index in [1.165, 1.54) is 36.5 Å². The largest absolute Gasteiger partial charge is 0.371 e. The van der Waals surface area contributed by atoms with Crippen molar-refractivity contribution in [1.29, 1.82) is 0 Å². The van der Waals surface area contributed by atoms with Crippen LogP contribution in [0.3, 0.4) is 0 Å². The second kappa shape index (κ2) is 8.91. The third-order valence-electron chi connectivity index (χ3n) is 4.61. The van der Waals surface area contributed by atoms with E-state index in [0.717, 1.165) is 44.1 Å². The van der Waals surface area contributed by atoms with Gasteiger partial charge in [0, 0.05) is 54.2 Å². The van der Waals surface area contributed by atoms with Crippen LogP contribution in [0.1, 0.15) is 35.2 Å². The van der Waals surface area contributed by atoms with Gasteiger partial charge in [-0.1, -0.05) is 6.07 Å². The number of piperidine rings is 1. The Kier molecular flexibility index (Phi) is 6.12. The molecule has 3 rings (SSSR count). The van der Waals surface area contributed by atoms with E-state index < -0.39 is 15.8 Å². The van der Waals surface area contributed by atoms with Crippen molar-refractivity contribution in [2.75, 3.05) is 18.0 Å². The van der Waals surface area contributed by atoms with Crippen LogP contribution in [0.25, 0.3) is 0 Å². The summed E-state index contributed by atoms with van der Waals surface area (Å²) in [5.41, 5.74) is 3.45. The van der Waals surface area contributed by atoms with E-state index in [1.807, 2.05) is 0 Å². The molecule has 1 aliphatic heterocycles. The minimum absolute atomic E-state index is 0.0720. The Morgan fingerprint density at radius 2 is 1.69 bits per heavy atom. The summed E-state index contributed by atoms with van der Waals surface area (Å²) in [7, 11) is 0. The Morgan fingerprint density at radius 1 is 1.00 bits per heavy atom. The molecule has 1 aliphatic rings. The third-order valence-corrected chi connectivity index (χ3v) is 4.61. The van der Waals surface area contributed by atoms with Crippen molar-refractivity contribution in [1.82, 2.24) is 5.43 Å². The number of hydrogen-bond acceptors (Lipinski definition) is 7. The molecule has 0 aromatic heterocycles. The first kappa shape index (κ1) is 19.9. The lowest BCUT2D eigenvalue weighted by atomic mass is 10.1. The molecular formula is C19H19N5O5. The summed E-state index contributed by atoms with van der Waals surface area (Å²) >= 11 is 0. The average molecular weight is 397 g/mol. The van der Waals surface area contributed by atoms with E-state index in [-0.39, 0.29) is 16.9 Å². The van der Waals surface area contributed by atoms with Crippen molar-refractivity contribution in [3.05, 3.63) is 73.8 Å². The van der Waals surface area contributed by atoms with Gasteiger partial charge in [0.05, 0.1) is 16.1 Å². The number of hydrazone groups is 1. The van der Waals surface area contributed by atoms with Crippen LogP contribution >= 0.6 is 0 Å². The fourth-order valence-corrected chi connectivity index (χ4v) is 3.17. The van der Waals surface area contributed by atoms with E-state index in [9.17, 15) is 25.0 Å². The molecule has 0 saturated carbocycles. The van der Waals surface area contributed by atoms with Crippen LogP contribution in [0.4, 0.5) is 17.1 Å². The van der Waals surface area contributed by atoms with Gasteiger partial charge in [-0.25, -0.2) is 5.43 Å². The van der Waals surface area contributed by atoms with E-state index in [4.69, 9.17) is 0 Å². The first-order chi connectivity index (χ1) is 14.0. The van der Waals surface area contributed by atoms with Crippen molar-refractivity contribution in [3.63, 3.8) is 0 Å². The van der Waals surface area contributed by atoms with Gasteiger partial charge in [-0.15, -0.1) is 0 Å². The molecule has 0 unspecified atom stereocenters. The summed E-state index contributed by atoms with van der Waals surface area (Å²) in [6.07, 6.45) is 4.58. The number of rotatable bonds is 6. The van der Waals surface area contributed by atoms with Gasteiger partial charge in [-0.05, 0) is 31.4 Å². The lowest BCUT2D eigenvalue weighted by Crippen LogP contribution is -2.30. The number of amides is 1. The highest BCUT2D eigenvalue weighted by atomic mass is 16.6. The summed E-state index contributed by atoms with van der Waals surface area (Å²) in [4.78, 5) is 35.2. The minimum Gasteiger partial charge on any atom is -0.371 e. The molecule has 2 aromatic rings. The maximum absolute atomic E-state index is 12.2. The maximum atomic E-state index is 12.2. The predicted octanol–water partition coefficient (Wildman–Crippen LogP) is 3.26. The lowest BCUT2D eigenvalue weighted by Gasteiger charge is -2.29. The van der Waals surface area contributed by atoms with Crippen LogP contribution < -0.4 is 10.3 Å². The molecule has 0 aliphatic carbocycles. The Balaban J connectivity index is 1.80. The number of nitrogens with zero attached hydrogens (tertiary/aromatic N) is 4. The first-order valence-corrected chi connectivity index (χ1v) is 9.07. The summed E-state index contributed by atoms with van der Waals surface area (Å²) in [6.45, 7) is 1.69. The van der Waals surface area contributed by atoms with Crippen molar-refractivity contribution in [2.45, 2.75) is 19.3 Å². The van der Waals surface area contributed by atoms with Crippen molar-refractivity contribution >= 4 is 29.2 Å². The molecule has 1 N–H and O–H groups in total. The number of hydrogen-bond donors (Lipinski definition) is 1. The van der Waals surface area contributed by atoms with Crippen LogP contribution in [0.2, 0.25) is 0 Å². The second-order valence-electron chi connectivity index (χ2n) is 6.55. The second-order valence-corrected chi connectivity index (χ2v) is 6.55. The zero-order valence-corrected chi connectivity index (χ0v) is 15.5. The summed E-state index contributed by atoms with van der Waals surface area (Å²) in [5.74, 6) is -0.616. The molecule has 0 atom stereocenters. The molecule has 0 radical (unpaired) electrons. The Labute approximate surface area is 166 Å². The molecule has 1 amide bonds. The molecule has 29 heavy (non-hydrogen) atoms. The van der Waals surface area contributed by atoms with Crippen LogP contribution in [-0.2, 0) is 0 Å². The average Bonchev–Trinajstić information content (AvgIpc) is 2.74. The topological polar surface area (TPSA) is 131 Å². The van der Waals surface area contributed by atoms with Gasteiger partial charge < -0.3 is 4.90 Å². The number of nitro groups is 2. The van der Waals surface area contributed by atoms with Crippen molar-refractivity contribution < 1.29 is 14.6 Å². The molecular weight excluding hydrogens is 378 g/mol. The molecule has 0 spiro atoms. The Hall–Kier alpha value is -3.82. The molecule has 150 valence electrons. The Morgan fingerprint density at radius 3 is 2.38 bits per heavy atom. The molecule has 2 aromatic carbocycles. The quantitative estimate of drug-likeness (QED) is 0.452. The smallest absolute Gasteiger partial charge is 0.271 e. The summed E-state index contributed by atoms with van der Waals surface area (Å²) in [6, 6.07) is 9.82. The summed E-state index contributed by atoms with van der Waals surface area (Å²) in [5, 5.41) is 25.9. The van der Waals surface area contributed by atoms with Crippen molar-refractivity contribution in [3.8, 4) is 0 Å².